The first-order chi connectivity index (χ1) is 17.1. The van der Waals surface area contributed by atoms with Crippen LogP contribution in [0.3, 0.4) is 0 Å². The summed E-state index contributed by atoms with van der Waals surface area (Å²) in [5.74, 6) is 0.221. The van der Waals surface area contributed by atoms with Crippen LogP contribution in [0.15, 0.2) is 83.9 Å². The molecule has 1 unspecified atom stereocenters. The Kier molecular flexibility index (Phi) is 6.22. The fourth-order valence-electron chi connectivity index (χ4n) is 4.54. The Morgan fingerprint density at radius 2 is 1.72 bits per heavy atom. The minimum absolute atomic E-state index is 0.0129. The molecule has 0 amide bonds. The Labute approximate surface area is 207 Å². The molecule has 3 aromatic carbocycles. The second-order valence-electron chi connectivity index (χ2n) is 8.90. The number of hydrogen-bond donors (Lipinski definition) is 1. The molecule has 1 atom stereocenters. The van der Waals surface area contributed by atoms with E-state index in [1.165, 1.54) is 12.1 Å². The van der Waals surface area contributed by atoms with Crippen LogP contribution in [0.4, 0.5) is 13.2 Å². The van der Waals surface area contributed by atoms with Crippen LogP contribution in [0, 0.1) is 0 Å². The monoisotopic (exact) mass is 511 g/mol. The van der Waals surface area contributed by atoms with Crippen LogP contribution in [-0.4, -0.2) is 30.8 Å². The van der Waals surface area contributed by atoms with E-state index in [0.29, 0.717) is 11.4 Å². The van der Waals surface area contributed by atoms with E-state index in [9.17, 15) is 21.6 Å². The summed E-state index contributed by atoms with van der Waals surface area (Å²) in [6.07, 6.45) is 0.282. The van der Waals surface area contributed by atoms with Crippen LogP contribution in [0.5, 0.6) is 0 Å². The van der Waals surface area contributed by atoms with Gasteiger partial charge in [0.05, 0.1) is 22.2 Å². The molecule has 1 aliphatic rings. The van der Waals surface area contributed by atoms with E-state index in [2.05, 4.69) is 10.3 Å². The van der Waals surface area contributed by atoms with Gasteiger partial charge in [-0.15, -0.1) is 0 Å². The molecule has 0 aliphatic carbocycles. The van der Waals surface area contributed by atoms with Crippen molar-refractivity contribution in [1.29, 1.82) is 0 Å². The van der Waals surface area contributed by atoms with Crippen molar-refractivity contribution in [3.8, 4) is 28.2 Å². The van der Waals surface area contributed by atoms with Crippen molar-refractivity contribution in [2.45, 2.75) is 30.0 Å². The van der Waals surface area contributed by atoms with Crippen molar-refractivity contribution in [2.75, 3.05) is 12.8 Å². The molecule has 9 heteroatoms. The molecule has 5 nitrogen and oxygen atoms in total. The maximum Gasteiger partial charge on any atom is 0.417 e. The molecule has 2 heterocycles. The summed E-state index contributed by atoms with van der Waals surface area (Å²) in [5.41, 5.74) is 2.15. The lowest BCUT2D eigenvalue weighted by Crippen LogP contribution is -2.13. The zero-order chi connectivity index (χ0) is 25.5. The van der Waals surface area contributed by atoms with E-state index < -0.39 is 21.6 Å². The number of hydrogen-bond acceptors (Lipinski definition) is 4. The van der Waals surface area contributed by atoms with Crippen LogP contribution >= 0.6 is 0 Å². The molecule has 186 valence electrons. The molecular weight excluding hydrogens is 487 g/mol. The van der Waals surface area contributed by atoms with E-state index in [0.717, 1.165) is 42.8 Å². The fourth-order valence-corrected chi connectivity index (χ4v) is 5.20. The van der Waals surface area contributed by atoms with E-state index in [1.54, 1.807) is 47.2 Å². The quantitative estimate of drug-likeness (QED) is 0.354. The average molecular weight is 512 g/mol. The number of alkyl halides is 3. The van der Waals surface area contributed by atoms with Gasteiger partial charge >= 0.3 is 6.18 Å². The smallest absolute Gasteiger partial charge is 0.309 e. The Bertz CT molecular complexity index is 1500. The molecule has 0 saturated carbocycles. The van der Waals surface area contributed by atoms with Crippen LogP contribution in [0.1, 0.15) is 30.1 Å². The highest BCUT2D eigenvalue weighted by Crippen LogP contribution is 2.38. The molecule has 1 aromatic heterocycles. The number of sulfone groups is 1. The van der Waals surface area contributed by atoms with Gasteiger partial charge in [-0.3, -0.25) is 4.57 Å². The summed E-state index contributed by atoms with van der Waals surface area (Å²) < 4.78 is 67.1. The standard InChI is InChI=1S/C27H24F3N3O2S/c1-36(34,35)21-7-4-6-19(16-21)18-11-13-20(14-12-18)33-17-25(24-10-5-15-31-24)32-26(33)22-8-2-3-9-23(22)27(28,29)30/h2-4,6-9,11-14,16-17,24,31H,5,10,15H2,1H3. The van der Waals surface area contributed by atoms with Gasteiger partial charge in [0.15, 0.2) is 9.84 Å². The number of nitrogens with one attached hydrogen (secondary N) is 1. The van der Waals surface area contributed by atoms with Crippen molar-refractivity contribution in [2.24, 2.45) is 0 Å². The van der Waals surface area contributed by atoms with E-state index in [4.69, 9.17) is 0 Å². The molecule has 1 N–H and O–H groups in total. The molecule has 4 aromatic rings. The van der Waals surface area contributed by atoms with Gasteiger partial charge in [-0.1, -0.05) is 42.5 Å². The van der Waals surface area contributed by atoms with Crippen LogP contribution in [0.2, 0.25) is 0 Å². The molecule has 0 radical (unpaired) electrons. The molecule has 1 aliphatic heterocycles. The van der Waals surface area contributed by atoms with Gasteiger partial charge in [-0.2, -0.15) is 13.2 Å². The summed E-state index contributed by atoms with van der Waals surface area (Å²) in [4.78, 5) is 4.89. The van der Waals surface area contributed by atoms with Crippen molar-refractivity contribution in [1.82, 2.24) is 14.9 Å². The topological polar surface area (TPSA) is 64.0 Å². The van der Waals surface area contributed by atoms with Crippen LogP contribution in [0.25, 0.3) is 28.2 Å². The Morgan fingerprint density at radius 1 is 0.972 bits per heavy atom. The second kappa shape index (κ2) is 9.22. The van der Waals surface area contributed by atoms with E-state index >= 15 is 0 Å². The Hall–Kier alpha value is -3.43. The first kappa shape index (κ1) is 24.3. The molecule has 0 spiro atoms. The lowest BCUT2D eigenvalue weighted by atomic mass is 10.0. The van der Waals surface area contributed by atoms with Gasteiger partial charge in [0.1, 0.15) is 5.82 Å². The first-order valence-corrected chi connectivity index (χ1v) is 13.4. The second-order valence-corrected chi connectivity index (χ2v) is 10.9. The van der Waals surface area contributed by atoms with Gasteiger partial charge in [-0.05, 0) is 60.8 Å². The lowest BCUT2D eigenvalue weighted by molar-refractivity contribution is -0.137. The molecule has 0 bridgehead atoms. The number of benzene rings is 3. The number of imidazole rings is 1. The van der Waals surface area contributed by atoms with Gasteiger partial charge in [0.2, 0.25) is 0 Å². The minimum Gasteiger partial charge on any atom is -0.309 e. The largest absolute Gasteiger partial charge is 0.417 e. The molecule has 5 rings (SSSR count). The van der Waals surface area contributed by atoms with Gasteiger partial charge in [-0.25, -0.2) is 13.4 Å². The Balaban J connectivity index is 1.60. The zero-order valence-electron chi connectivity index (χ0n) is 19.5. The normalized spacial score (nSPS) is 16.4. The summed E-state index contributed by atoms with van der Waals surface area (Å²) in [6.45, 7) is 0.841. The summed E-state index contributed by atoms with van der Waals surface area (Å²) in [5, 5.41) is 3.36. The maximum absolute atomic E-state index is 13.8. The first-order valence-electron chi connectivity index (χ1n) is 11.5. The third-order valence-electron chi connectivity index (χ3n) is 6.36. The van der Waals surface area contributed by atoms with Crippen molar-refractivity contribution < 1.29 is 21.6 Å². The summed E-state index contributed by atoms with van der Waals surface area (Å²) >= 11 is 0. The SMILES string of the molecule is CS(=O)(=O)c1cccc(-c2ccc(-n3cc(C4CCCN4)nc3-c3ccccc3C(F)(F)F)cc2)c1. The third-order valence-corrected chi connectivity index (χ3v) is 7.47. The third kappa shape index (κ3) is 4.81. The molecule has 36 heavy (non-hydrogen) atoms. The number of aromatic nitrogens is 2. The number of halogens is 3. The zero-order valence-corrected chi connectivity index (χ0v) is 20.3. The predicted octanol–water partition coefficient (Wildman–Crippen LogP) is 6.05. The van der Waals surface area contributed by atoms with Gasteiger partial charge in [0, 0.05) is 23.7 Å². The van der Waals surface area contributed by atoms with E-state index in [-0.39, 0.29) is 22.3 Å². The molecule has 1 saturated heterocycles. The number of nitrogens with zero attached hydrogens (tertiary/aromatic N) is 2. The predicted molar refractivity (Wildman–Crippen MR) is 133 cm³/mol. The van der Waals surface area contributed by atoms with Crippen molar-refractivity contribution >= 4 is 9.84 Å². The summed E-state index contributed by atoms with van der Waals surface area (Å²) in [6, 6.07) is 19.3. The maximum atomic E-state index is 13.8. The average Bonchev–Trinajstić information content (AvgIpc) is 3.54. The lowest BCUT2D eigenvalue weighted by Gasteiger charge is -2.14. The summed E-state index contributed by atoms with van der Waals surface area (Å²) in [7, 11) is -3.35. The van der Waals surface area contributed by atoms with Gasteiger partial charge in [0.25, 0.3) is 0 Å². The minimum atomic E-state index is -4.52. The molecular formula is C27H24F3N3O2S. The van der Waals surface area contributed by atoms with Crippen molar-refractivity contribution in [3.63, 3.8) is 0 Å². The van der Waals surface area contributed by atoms with E-state index in [1.807, 2.05) is 18.2 Å². The highest BCUT2D eigenvalue weighted by molar-refractivity contribution is 7.90. The highest BCUT2D eigenvalue weighted by Gasteiger charge is 2.35. The van der Waals surface area contributed by atoms with Crippen LogP contribution in [-0.2, 0) is 16.0 Å². The van der Waals surface area contributed by atoms with Gasteiger partial charge < -0.3 is 5.32 Å². The Morgan fingerprint density at radius 3 is 2.39 bits per heavy atom. The molecule has 1 fully saturated rings. The van der Waals surface area contributed by atoms with Crippen molar-refractivity contribution in [3.05, 3.63) is 90.3 Å². The highest BCUT2D eigenvalue weighted by atomic mass is 32.2. The van der Waals surface area contributed by atoms with Crippen LogP contribution < -0.4 is 5.32 Å². The fraction of sp³-hybridized carbons (Fsp3) is 0.222. The number of rotatable bonds is 5.